The predicted octanol–water partition coefficient (Wildman–Crippen LogP) is 9.34. The molecule has 2 aliphatic carbocycles. The molecule has 3 rings (SSSR count). The fraction of sp³-hybridized carbons (Fsp3) is 0.632. The topological polar surface area (TPSA) is 83.8 Å². The minimum atomic E-state index is -0.671. The lowest BCUT2D eigenvalue weighted by Crippen LogP contribution is -2.26. The van der Waals surface area contributed by atoms with Crippen molar-refractivity contribution in [2.75, 3.05) is 27.4 Å². The maximum absolute atomic E-state index is 15.2. The van der Waals surface area contributed by atoms with E-state index in [4.69, 9.17) is 19.7 Å². The van der Waals surface area contributed by atoms with Gasteiger partial charge in [-0.3, -0.25) is 4.79 Å². The van der Waals surface area contributed by atoms with Crippen LogP contribution >= 0.6 is 0 Å². The monoisotopic (exact) mass is 634 g/mol. The number of unbranched alkanes of at least 4 members (excludes halogenated alkanes) is 2. The van der Waals surface area contributed by atoms with Gasteiger partial charge in [0.1, 0.15) is 18.9 Å². The van der Waals surface area contributed by atoms with Crippen molar-refractivity contribution in [1.29, 1.82) is 0 Å². The van der Waals surface area contributed by atoms with Crippen molar-refractivity contribution in [3.8, 4) is 0 Å². The number of aliphatic hydroxyl groups is 2. The molecule has 1 aromatic rings. The Morgan fingerprint density at radius 2 is 1.49 bits per heavy atom. The molecule has 2 saturated carbocycles. The molecule has 1 aromatic carbocycles. The van der Waals surface area contributed by atoms with Gasteiger partial charge in [-0.1, -0.05) is 81.9 Å². The highest BCUT2D eigenvalue weighted by molar-refractivity contribution is 5.72. The van der Waals surface area contributed by atoms with Gasteiger partial charge >= 0.3 is 0 Å². The number of halogens is 2. The number of carbonyl (C=O) groups is 2. The molecular weight excluding hydrogens is 574 g/mol. The predicted molar refractivity (Wildman–Crippen MR) is 182 cm³/mol. The van der Waals surface area contributed by atoms with Crippen molar-refractivity contribution < 1.29 is 33.3 Å². The minimum absolute atomic E-state index is 0.185. The Bertz CT molecular complexity index is 974. The fourth-order valence-electron chi connectivity index (χ4n) is 6.63. The number of hydrogen-bond acceptors (Lipinski definition) is 5. The summed E-state index contributed by atoms with van der Waals surface area (Å²) in [5, 5.41) is 15.0. The highest BCUT2D eigenvalue weighted by Gasteiger charge is 2.33. The highest BCUT2D eigenvalue weighted by atomic mass is 19.2. The van der Waals surface area contributed by atoms with Crippen molar-refractivity contribution in [1.82, 2.24) is 0 Å². The first-order valence-electron chi connectivity index (χ1n) is 16.5. The van der Waals surface area contributed by atoms with E-state index in [1.807, 2.05) is 25.8 Å². The molecule has 7 heteroatoms. The van der Waals surface area contributed by atoms with Crippen LogP contribution in [0.1, 0.15) is 114 Å². The van der Waals surface area contributed by atoms with E-state index in [1.54, 1.807) is 19.2 Å². The normalized spacial score (nSPS) is 22.0. The van der Waals surface area contributed by atoms with Gasteiger partial charge in [0.2, 0.25) is 0 Å². The molecule has 0 aliphatic heterocycles. The summed E-state index contributed by atoms with van der Waals surface area (Å²) in [6.45, 7) is 13.8. The van der Waals surface area contributed by atoms with Crippen LogP contribution in [-0.4, -0.2) is 50.7 Å². The molecule has 2 aliphatic rings. The van der Waals surface area contributed by atoms with Crippen molar-refractivity contribution in [2.45, 2.75) is 103 Å². The van der Waals surface area contributed by atoms with Crippen LogP contribution in [0, 0.1) is 23.7 Å². The van der Waals surface area contributed by atoms with E-state index in [2.05, 4.69) is 20.1 Å². The largest absolute Gasteiger partial charge is 0.400 e. The van der Waals surface area contributed by atoms with Crippen molar-refractivity contribution >= 4 is 18.9 Å². The first-order valence-corrected chi connectivity index (χ1v) is 16.5. The first kappa shape index (κ1) is 42.5. The van der Waals surface area contributed by atoms with Crippen molar-refractivity contribution in [3.05, 3.63) is 65.5 Å². The van der Waals surface area contributed by atoms with E-state index < -0.39 is 11.7 Å². The summed E-state index contributed by atoms with van der Waals surface area (Å²) in [7, 11) is 2.69. The van der Waals surface area contributed by atoms with E-state index in [-0.39, 0.29) is 24.0 Å². The molecule has 1 unspecified atom stereocenters. The molecule has 2 fully saturated rings. The zero-order chi connectivity index (χ0) is 34.2. The number of benzene rings is 1. The summed E-state index contributed by atoms with van der Waals surface area (Å²) in [5.74, 6) is 1.17. The van der Waals surface area contributed by atoms with Crippen molar-refractivity contribution in [2.24, 2.45) is 23.7 Å². The Kier molecular flexibility index (Phi) is 24.3. The van der Waals surface area contributed by atoms with Gasteiger partial charge in [0.05, 0.1) is 13.2 Å². The second-order valence-corrected chi connectivity index (χ2v) is 12.4. The third kappa shape index (κ3) is 16.1. The number of hydrogen-bond donors (Lipinski definition) is 2. The number of aliphatic hydroxyl groups excluding tert-OH is 2. The lowest BCUT2D eigenvalue weighted by molar-refractivity contribution is -0.105. The number of rotatable bonds is 14. The summed E-state index contributed by atoms with van der Waals surface area (Å²) >= 11 is 0. The Labute approximate surface area is 271 Å². The molecule has 256 valence electrons. The van der Waals surface area contributed by atoms with E-state index in [0.29, 0.717) is 24.4 Å². The molecule has 0 spiro atoms. The van der Waals surface area contributed by atoms with Gasteiger partial charge in [0.15, 0.2) is 5.83 Å². The molecule has 0 radical (unpaired) electrons. The summed E-state index contributed by atoms with van der Waals surface area (Å²) in [5.41, 5.74) is 2.73. The second-order valence-electron chi connectivity index (χ2n) is 12.4. The Morgan fingerprint density at radius 3 is 1.91 bits per heavy atom. The maximum atomic E-state index is 15.2. The smallest absolute Gasteiger partial charge is 0.162 e. The highest BCUT2D eigenvalue weighted by Crippen LogP contribution is 2.45. The maximum Gasteiger partial charge on any atom is 0.162 e. The fourth-order valence-corrected chi connectivity index (χ4v) is 6.63. The van der Waals surface area contributed by atoms with E-state index in [0.717, 1.165) is 62.2 Å². The third-order valence-corrected chi connectivity index (χ3v) is 9.08. The molecule has 2 N–H and O–H groups in total. The van der Waals surface area contributed by atoms with Gasteiger partial charge in [-0.15, -0.1) is 6.58 Å². The Morgan fingerprint density at radius 1 is 0.956 bits per heavy atom. The van der Waals surface area contributed by atoms with Crippen LogP contribution in [0.5, 0.6) is 0 Å². The van der Waals surface area contributed by atoms with Crippen LogP contribution in [0.25, 0.3) is 5.83 Å². The van der Waals surface area contributed by atoms with E-state index in [1.165, 1.54) is 51.4 Å². The third-order valence-electron chi connectivity index (χ3n) is 9.08. The molecule has 0 heterocycles. The summed E-state index contributed by atoms with van der Waals surface area (Å²) < 4.78 is 35.6. The number of carbonyl (C=O) groups excluding carboxylic acids is 2. The number of methoxy groups -OCH3 is 1. The van der Waals surface area contributed by atoms with Gasteiger partial charge in [-0.2, -0.15) is 0 Å². The summed E-state index contributed by atoms with van der Waals surface area (Å²) in [4.78, 5) is 17.5. The molecule has 0 bridgehead atoms. The molecule has 45 heavy (non-hydrogen) atoms. The number of allylic oxidation sites excluding steroid dienone is 2. The van der Waals surface area contributed by atoms with E-state index >= 15 is 8.78 Å². The van der Waals surface area contributed by atoms with Crippen LogP contribution in [0.3, 0.4) is 0 Å². The molecule has 0 saturated heterocycles. The van der Waals surface area contributed by atoms with E-state index in [9.17, 15) is 4.79 Å². The van der Waals surface area contributed by atoms with Gasteiger partial charge < -0.3 is 19.7 Å². The standard InChI is InChI=1S/C32H48F2O.C4H6O2.CH4O.CH2O/c1-5-6-7-8-24-9-11-25(12-10-24)26-13-17-28(18-14-26)31(33)32(34)29-19-15-27(16-20-29)30(22-35-4)21-23(2)3;1-4(2-5)3-6;2*1-2/h15-16,19-20,24-26,28,30H,2,5-14,17-18,21-22H2,1,3-4H3;2,6H,1,3H2;2H,1H3;1H2/b32-31+;;;. The zero-order valence-corrected chi connectivity index (χ0v) is 28.4. The molecule has 0 amide bonds. The van der Waals surface area contributed by atoms with Crippen molar-refractivity contribution in [3.63, 3.8) is 0 Å². The van der Waals surface area contributed by atoms with Gasteiger partial charge in [-0.25, -0.2) is 8.78 Å². The van der Waals surface area contributed by atoms with Gasteiger partial charge in [0, 0.05) is 37.2 Å². The van der Waals surface area contributed by atoms with Crippen LogP contribution in [0.4, 0.5) is 8.78 Å². The van der Waals surface area contributed by atoms with Crippen LogP contribution < -0.4 is 0 Å². The SMILES string of the molecule is C=C(C)CC(COC)c1ccc(/C(F)=C(\F)C2CCC(C3CCC(CCCCC)CC3)CC2)cc1.C=C(C=O)CO.C=O.CO. The molecular formula is C38H60F2O5. The average molecular weight is 635 g/mol. The molecule has 5 nitrogen and oxygen atoms in total. The number of aldehydes is 1. The number of ether oxygens (including phenoxy) is 1. The van der Waals surface area contributed by atoms with Gasteiger partial charge in [0.25, 0.3) is 0 Å². The Balaban J connectivity index is 0.00000170. The average Bonchev–Trinajstić information content (AvgIpc) is 3.09. The molecule has 0 aromatic heterocycles. The zero-order valence-electron chi connectivity index (χ0n) is 28.4. The van der Waals surface area contributed by atoms with Crippen LogP contribution in [-0.2, 0) is 14.3 Å². The molecule has 1 atom stereocenters. The summed E-state index contributed by atoms with van der Waals surface area (Å²) in [6.07, 6.45) is 15.9. The lowest BCUT2D eigenvalue weighted by atomic mass is 9.68. The lowest BCUT2D eigenvalue weighted by Gasteiger charge is -2.37. The minimum Gasteiger partial charge on any atom is -0.400 e. The van der Waals surface area contributed by atoms with Crippen LogP contribution in [0.2, 0.25) is 0 Å². The summed E-state index contributed by atoms with van der Waals surface area (Å²) in [6, 6.07) is 7.25. The van der Waals surface area contributed by atoms with Crippen LogP contribution in [0.15, 0.2) is 54.4 Å². The van der Waals surface area contributed by atoms with Gasteiger partial charge in [-0.05, 0) is 75.2 Å². The second kappa shape index (κ2) is 25.7. The Hall–Kier alpha value is -2.48. The quantitative estimate of drug-likeness (QED) is 0.0922. The first-order chi connectivity index (χ1) is 21.7.